The Morgan fingerprint density at radius 3 is 2.78 bits per heavy atom. The van der Waals surface area contributed by atoms with E-state index in [1.807, 2.05) is 0 Å². The van der Waals surface area contributed by atoms with Gasteiger partial charge in [-0.05, 0) is 24.3 Å². The first-order chi connectivity index (χ1) is 11.0. The number of nitrogens with one attached hydrogen (secondary N) is 1. The average Bonchev–Trinajstić information content (AvgIpc) is 2.54. The van der Waals surface area contributed by atoms with E-state index in [-0.39, 0.29) is 5.69 Å². The Bertz CT molecular complexity index is 777. The minimum Gasteiger partial charge on any atom is -0.496 e. The van der Waals surface area contributed by atoms with E-state index in [0.717, 1.165) is 4.47 Å². The van der Waals surface area contributed by atoms with Gasteiger partial charge < -0.3 is 4.74 Å². The molecule has 2 aromatic rings. The second kappa shape index (κ2) is 7.50. The summed E-state index contributed by atoms with van der Waals surface area (Å²) in [6.45, 7) is 0. The number of halogens is 1. The Morgan fingerprint density at radius 1 is 1.35 bits per heavy atom. The summed E-state index contributed by atoms with van der Waals surface area (Å²) in [5.74, 6) is 0.0167. The van der Waals surface area contributed by atoms with Crippen LogP contribution in [0, 0.1) is 10.1 Å². The van der Waals surface area contributed by atoms with Gasteiger partial charge in [-0.1, -0.05) is 22.0 Å². The molecule has 0 spiro atoms. The number of rotatable bonds is 5. The lowest BCUT2D eigenvalue weighted by Gasteiger charge is -2.04. The molecule has 1 N–H and O–H groups in total. The molecule has 0 atom stereocenters. The lowest BCUT2D eigenvalue weighted by Crippen LogP contribution is -2.17. The van der Waals surface area contributed by atoms with Crippen LogP contribution in [0.1, 0.15) is 15.9 Å². The lowest BCUT2D eigenvalue weighted by molar-refractivity contribution is -0.384. The zero-order valence-corrected chi connectivity index (χ0v) is 13.6. The Hall–Kier alpha value is -2.74. The van der Waals surface area contributed by atoms with E-state index in [1.54, 1.807) is 24.3 Å². The van der Waals surface area contributed by atoms with Crippen LogP contribution in [-0.4, -0.2) is 24.2 Å². The number of nitro groups is 1. The van der Waals surface area contributed by atoms with Gasteiger partial charge in [0.1, 0.15) is 5.75 Å². The fraction of sp³-hybridized carbons (Fsp3) is 0.0667. The van der Waals surface area contributed by atoms with Crippen LogP contribution in [0.5, 0.6) is 5.75 Å². The van der Waals surface area contributed by atoms with Crippen LogP contribution in [0.25, 0.3) is 0 Å². The number of nitrogens with zero attached hydrogens (tertiary/aromatic N) is 2. The maximum atomic E-state index is 11.9. The molecule has 0 heterocycles. The Kier molecular flexibility index (Phi) is 5.42. The number of hydrogen-bond donors (Lipinski definition) is 1. The molecule has 7 nitrogen and oxygen atoms in total. The van der Waals surface area contributed by atoms with Gasteiger partial charge in [0.2, 0.25) is 0 Å². The standard InChI is InChI=1S/C15H12BrN3O4/c1-23-14-6-5-13(19(21)22)8-11(14)9-17-18-15(20)10-3-2-4-12(16)7-10/h2-9H,1H3,(H,18,20)/b17-9+. The summed E-state index contributed by atoms with van der Waals surface area (Å²) < 4.78 is 5.88. The van der Waals surface area contributed by atoms with E-state index in [9.17, 15) is 14.9 Å². The van der Waals surface area contributed by atoms with E-state index in [2.05, 4.69) is 26.5 Å². The monoisotopic (exact) mass is 377 g/mol. The van der Waals surface area contributed by atoms with Gasteiger partial charge in [-0.2, -0.15) is 5.10 Å². The van der Waals surface area contributed by atoms with Gasteiger partial charge in [-0.15, -0.1) is 0 Å². The summed E-state index contributed by atoms with van der Waals surface area (Å²) in [6.07, 6.45) is 1.29. The third kappa shape index (κ3) is 4.36. The number of benzene rings is 2. The first-order valence-electron chi connectivity index (χ1n) is 6.42. The highest BCUT2D eigenvalue weighted by molar-refractivity contribution is 9.10. The van der Waals surface area contributed by atoms with Gasteiger partial charge in [0, 0.05) is 27.7 Å². The highest BCUT2D eigenvalue weighted by Crippen LogP contribution is 2.22. The van der Waals surface area contributed by atoms with Crippen LogP contribution in [0.4, 0.5) is 5.69 Å². The fourth-order valence-electron chi connectivity index (χ4n) is 1.79. The molecule has 0 aliphatic rings. The smallest absolute Gasteiger partial charge is 0.271 e. The maximum absolute atomic E-state index is 11.9. The first kappa shape index (κ1) is 16.6. The molecule has 1 amide bonds. The topological polar surface area (TPSA) is 93.8 Å². The number of ether oxygens (including phenoxy) is 1. The van der Waals surface area contributed by atoms with Gasteiger partial charge in [-0.25, -0.2) is 5.43 Å². The van der Waals surface area contributed by atoms with Crippen molar-refractivity contribution in [2.45, 2.75) is 0 Å². The van der Waals surface area contributed by atoms with Crippen LogP contribution in [0.15, 0.2) is 52.0 Å². The molecular formula is C15H12BrN3O4. The predicted octanol–water partition coefficient (Wildman–Crippen LogP) is 3.13. The zero-order valence-electron chi connectivity index (χ0n) is 12.0. The number of carbonyl (C=O) groups excluding carboxylic acids is 1. The van der Waals surface area contributed by atoms with Crippen LogP contribution < -0.4 is 10.2 Å². The number of carbonyl (C=O) groups is 1. The average molecular weight is 378 g/mol. The third-order valence-corrected chi connectivity index (χ3v) is 3.37. The first-order valence-corrected chi connectivity index (χ1v) is 7.22. The van der Waals surface area contributed by atoms with Crippen LogP contribution >= 0.6 is 15.9 Å². The highest BCUT2D eigenvalue weighted by Gasteiger charge is 2.10. The zero-order chi connectivity index (χ0) is 16.8. The van der Waals surface area contributed by atoms with Crippen molar-refractivity contribution in [2.75, 3.05) is 7.11 Å². The molecule has 8 heteroatoms. The largest absolute Gasteiger partial charge is 0.496 e. The van der Waals surface area contributed by atoms with Crippen molar-refractivity contribution >= 4 is 33.7 Å². The number of hydrogen-bond acceptors (Lipinski definition) is 5. The molecule has 23 heavy (non-hydrogen) atoms. The van der Waals surface area contributed by atoms with Gasteiger partial charge in [0.05, 0.1) is 18.2 Å². The van der Waals surface area contributed by atoms with E-state index in [1.165, 1.54) is 31.5 Å². The normalized spacial score (nSPS) is 10.5. The van der Waals surface area contributed by atoms with Gasteiger partial charge in [0.25, 0.3) is 11.6 Å². The van der Waals surface area contributed by atoms with Crippen molar-refractivity contribution in [2.24, 2.45) is 5.10 Å². The molecule has 0 unspecified atom stereocenters. The summed E-state index contributed by atoms with van der Waals surface area (Å²) in [5.41, 5.74) is 3.09. The van der Waals surface area contributed by atoms with E-state index in [0.29, 0.717) is 16.9 Å². The molecular weight excluding hydrogens is 366 g/mol. The van der Waals surface area contributed by atoms with Crippen molar-refractivity contribution in [3.05, 3.63) is 68.2 Å². The van der Waals surface area contributed by atoms with Crippen molar-refractivity contribution in [3.63, 3.8) is 0 Å². The summed E-state index contributed by atoms with van der Waals surface area (Å²) in [5, 5.41) is 14.6. The molecule has 0 saturated heterocycles. The Balaban J connectivity index is 2.15. The van der Waals surface area contributed by atoms with Crippen molar-refractivity contribution in [3.8, 4) is 5.75 Å². The second-order valence-corrected chi connectivity index (χ2v) is 5.31. The predicted molar refractivity (Wildman–Crippen MR) is 88.9 cm³/mol. The van der Waals surface area contributed by atoms with Crippen LogP contribution in [-0.2, 0) is 0 Å². The number of amides is 1. The molecule has 2 rings (SSSR count). The van der Waals surface area contributed by atoms with Gasteiger partial charge >= 0.3 is 0 Å². The molecule has 0 bridgehead atoms. The quantitative estimate of drug-likeness (QED) is 0.491. The highest BCUT2D eigenvalue weighted by atomic mass is 79.9. The van der Waals surface area contributed by atoms with Crippen LogP contribution in [0.3, 0.4) is 0 Å². The van der Waals surface area contributed by atoms with E-state index < -0.39 is 10.8 Å². The summed E-state index contributed by atoms with van der Waals surface area (Å²) >= 11 is 3.28. The van der Waals surface area contributed by atoms with Crippen molar-refractivity contribution in [1.82, 2.24) is 5.43 Å². The van der Waals surface area contributed by atoms with Gasteiger partial charge in [-0.3, -0.25) is 14.9 Å². The molecule has 0 radical (unpaired) electrons. The Morgan fingerprint density at radius 2 is 2.13 bits per heavy atom. The molecule has 0 saturated carbocycles. The lowest BCUT2D eigenvalue weighted by atomic mass is 10.2. The second-order valence-electron chi connectivity index (χ2n) is 4.39. The number of hydrazone groups is 1. The summed E-state index contributed by atoms with van der Waals surface area (Å²) in [7, 11) is 1.44. The van der Waals surface area contributed by atoms with Crippen LogP contribution in [0.2, 0.25) is 0 Å². The number of nitro benzene ring substituents is 1. The third-order valence-electron chi connectivity index (χ3n) is 2.88. The molecule has 0 fully saturated rings. The molecule has 0 aliphatic heterocycles. The SMILES string of the molecule is COc1ccc([N+](=O)[O-])cc1/C=N/NC(=O)c1cccc(Br)c1. The van der Waals surface area contributed by atoms with Crippen molar-refractivity contribution in [1.29, 1.82) is 0 Å². The minimum absolute atomic E-state index is 0.0921. The van der Waals surface area contributed by atoms with Gasteiger partial charge in [0.15, 0.2) is 0 Å². The number of methoxy groups -OCH3 is 1. The van der Waals surface area contributed by atoms with E-state index in [4.69, 9.17) is 4.74 Å². The molecule has 2 aromatic carbocycles. The molecule has 0 aliphatic carbocycles. The van der Waals surface area contributed by atoms with E-state index >= 15 is 0 Å². The summed E-state index contributed by atoms with van der Waals surface area (Å²) in [6, 6.07) is 10.9. The number of non-ortho nitro benzene ring substituents is 1. The maximum Gasteiger partial charge on any atom is 0.271 e. The molecule has 118 valence electrons. The molecule has 0 aromatic heterocycles. The van der Waals surface area contributed by atoms with Crippen molar-refractivity contribution < 1.29 is 14.5 Å². The fourth-order valence-corrected chi connectivity index (χ4v) is 2.19. The summed E-state index contributed by atoms with van der Waals surface area (Å²) in [4.78, 5) is 22.2. The Labute approximate surface area is 140 Å². The minimum atomic E-state index is -0.517.